The minimum absolute atomic E-state index is 0. The van der Waals surface area contributed by atoms with Gasteiger partial charge in [0, 0.05) is 51.0 Å². The summed E-state index contributed by atoms with van der Waals surface area (Å²) in [5.74, 6) is 0.923. The van der Waals surface area contributed by atoms with E-state index < -0.39 is 0 Å². The Kier molecular flexibility index (Phi) is 9.78. The van der Waals surface area contributed by atoms with Gasteiger partial charge in [0.2, 0.25) is 0 Å². The Morgan fingerprint density at radius 2 is 2.00 bits per heavy atom. The van der Waals surface area contributed by atoms with Crippen LogP contribution in [0.3, 0.4) is 0 Å². The lowest BCUT2D eigenvalue weighted by Gasteiger charge is -2.35. The number of likely N-dealkylation sites (tertiary alicyclic amines) is 1. The van der Waals surface area contributed by atoms with Gasteiger partial charge in [0.1, 0.15) is 0 Å². The van der Waals surface area contributed by atoms with Crippen LogP contribution in [0.25, 0.3) is 0 Å². The molecule has 0 unspecified atom stereocenters. The van der Waals surface area contributed by atoms with Crippen LogP contribution in [-0.2, 0) is 6.54 Å². The van der Waals surface area contributed by atoms with Gasteiger partial charge >= 0.3 is 0 Å². The lowest BCUT2D eigenvalue weighted by atomic mass is 10.0. The van der Waals surface area contributed by atoms with Gasteiger partial charge < -0.3 is 15.5 Å². The zero-order valence-electron chi connectivity index (χ0n) is 16.4. The fourth-order valence-corrected chi connectivity index (χ4v) is 3.29. The summed E-state index contributed by atoms with van der Waals surface area (Å²) >= 11 is 0. The Morgan fingerprint density at radius 1 is 1.32 bits per heavy atom. The molecule has 0 saturated carbocycles. The predicted octanol–water partition coefficient (Wildman–Crippen LogP) is 2.55. The SMILES string of the molecule is CN=C(NCCCn1nc(C)cc1C)NC1CCN(C(C)C)CC1.I. The van der Waals surface area contributed by atoms with Crippen molar-refractivity contribution >= 4 is 29.9 Å². The topological polar surface area (TPSA) is 57.5 Å². The zero-order chi connectivity index (χ0) is 17.5. The van der Waals surface area contributed by atoms with Crippen molar-refractivity contribution in [3.8, 4) is 0 Å². The summed E-state index contributed by atoms with van der Waals surface area (Å²) in [6, 6.07) is 3.30. The quantitative estimate of drug-likeness (QED) is 0.295. The molecule has 6 nitrogen and oxygen atoms in total. The molecule has 0 atom stereocenters. The van der Waals surface area contributed by atoms with Crippen LogP contribution < -0.4 is 10.6 Å². The fraction of sp³-hybridized carbons (Fsp3) is 0.778. The number of aryl methyl sites for hydroxylation is 3. The third-order valence-corrected chi connectivity index (χ3v) is 4.77. The van der Waals surface area contributed by atoms with Gasteiger partial charge in [-0.3, -0.25) is 9.67 Å². The molecule has 1 aliphatic heterocycles. The van der Waals surface area contributed by atoms with Gasteiger partial charge in [-0.1, -0.05) is 0 Å². The molecule has 1 fully saturated rings. The highest BCUT2D eigenvalue weighted by molar-refractivity contribution is 14.0. The Hall–Kier alpha value is -0.830. The number of aliphatic imine (C=N–C) groups is 1. The highest BCUT2D eigenvalue weighted by Gasteiger charge is 2.21. The molecule has 1 saturated heterocycles. The molecule has 144 valence electrons. The molecular formula is C18H35IN6. The third kappa shape index (κ3) is 7.13. The van der Waals surface area contributed by atoms with Crippen molar-refractivity contribution in [3.63, 3.8) is 0 Å². The monoisotopic (exact) mass is 462 g/mol. The van der Waals surface area contributed by atoms with E-state index in [0.29, 0.717) is 12.1 Å². The fourth-order valence-electron chi connectivity index (χ4n) is 3.29. The van der Waals surface area contributed by atoms with Gasteiger partial charge in [0.25, 0.3) is 0 Å². The summed E-state index contributed by atoms with van der Waals surface area (Å²) in [5, 5.41) is 11.5. The number of aromatic nitrogens is 2. The van der Waals surface area contributed by atoms with Gasteiger partial charge in [0.15, 0.2) is 5.96 Å². The maximum Gasteiger partial charge on any atom is 0.191 e. The van der Waals surface area contributed by atoms with Crippen LogP contribution in [-0.4, -0.2) is 59.4 Å². The summed E-state index contributed by atoms with van der Waals surface area (Å²) in [6.45, 7) is 12.9. The first-order valence-electron chi connectivity index (χ1n) is 9.22. The van der Waals surface area contributed by atoms with E-state index in [1.54, 1.807) is 0 Å². The molecule has 0 spiro atoms. The summed E-state index contributed by atoms with van der Waals surface area (Å²) in [6.07, 6.45) is 3.41. The largest absolute Gasteiger partial charge is 0.356 e. The van der Waals surface area contributed by atoms with Crippen molar-refractivity contribution in [2.24, 2.45) is 4.99 Å². The highest BCUT2D eigenvalue weighted by Crippen LogP contribution is 2.12. The Balaban J connectivity index is 0.00000312. The van der Waals surface area contributed by atoms with Crippen molar-refractivity contribution in [3.05, 3.63) is 17.5 Å². The van der Waals surface area contributed by atoms with Gasteiger partial charge in [-0.15, -0.1) is 24.0 Å². The second-order valence-electron chi connectivity index (χ2n) is 7.05. The van der Waals surface area contributed by atoms with E-state index in [4.69, 9.17) is 0 Å². The first kappa shape index (κ1) is 22.2. The first-order chi connectivity index (χ1) is 11.5. The van der Waals surface area contributed by atoms with Crippen LogP contribution in [0.15, 0.2) is 11.1 Å². The third-order valence-electron chi connectivity index (χ3n) is 4.77. The van der Waals surface area contributed by atoms with Crippen molar-refractivity contribution in [2.45, 2.75) is 65.6 Å². The van der Waals surface area contributed by atoms with E-state index in [1.807, 2.05) is 14.0 Å². The predicted molar refractivity (Wildman–Crippen MR) is 116 cm³/mol. The molecule has 1 aromatic rings. The van der Waals surface area contributed by atoms with E-state index >= 15 is 0 Å². The molecule has 7 heteroatoms. The smallest absolute Gasteiger partial charge is 0.191 e. The van der Waals surface area contributed by atoms with E-state index in [1.165, 1.54) is 31.6 Å². The normalized spacial score (nSPS) is 16.8. The van der Waals surface area contributed by atoms with E-state index in [9.17, 15) is 0 Å². The van der Waals surface area contributed by atoms with Crippen LogP contribution in [0.2, 0.25) is 0 Å². The zero-order valence-corrected chi connectivity index (χ0v) is 18.7. The second-order valence-corrected chi connectivity index (χ2v) is 7.05. The molecular weight excluding hydrogens is 427 g/mol. The summed E-state index contributed by atoms with van der Waals surface area (Å²) in [7, 11) is 1.85. The van der Waals surface area contributed by atoms with Crippen LogP contribution in [0, 0.1) is 13.8 Å². The summed E-state index contributed by atoms with van der Waals surface area (Å²) < 4.78 is 2.08. The molecule has 2 heterocycles. The molecule has 0 amide bonds. The Bertz CT molecular complexity index is 532. The first-order valence-corrected chi connectivity index (χ1v) is 9.22. The van der Waals surface area contributed by atoms with Gasteiger partial charge in [0.05, 0.1) is 5.69 Å². The number of hydrogen-bond donors (Lipinski definition) is 2. The molecule has 25 heavy (non-hydrogen) atoms. The van der Waals surface area contributed by atoms with Crippen LogP contribution >= 0.6 is 24.0 Å². The minimum Gasteiger partial charge on any atom is -0.356 e. The Morgan fingerprint density at radius 3 is 2.52 bits per heavy atom. The number of rotatable bonds is 6. The van der Waals surface area contributed by atoms with E-state index in [2.05, 4.69) is 57.1 Å². The van der Waals surface area contributed by atoms with Crippen molar-refractivity contribution in [1.29, 1.82) is 0 Å². The second kappa shape index (κ2) is 11.0. The lowest BCUT2D eigenvalue weighted by molar-refractivity contribution is 0.167. The van der Waals surface area contributed by atoms with E-state index in [-0.39, 0.29) is 24.0 Å². The molecule has 1 aromatic heterocycles. The minimum atomic E-state index is 0. The average Bonchev–Trinajstić information content (AvgIpc) is 2.88. The molecule has 2 N–H and O–H groups in total. The molecule has 0 aliphatic carbocycles. The number of guanidine groups is 1. The molecule has 0 radical (unpaired) electrons. The number of hydrogen-bond acceptors (Lipinski definition) is 3. The van der Waals surface area contributed by atoms with Crippen molar-refractivity contribution in [2.75, 3.05) is 26.7 Å². The molecule has 0 aromatic carbocycles. The highest BCUT2D eigenvalue weighted by atomic mass is 127. The molecule has 1 aliphatic rings. The summed E-state index contributed by atoms with van der Waals surface area (Å²) in [5.41, 5.74) is 2.32. The van der Waals surface area contributed by atoms with Crippen LogP contribution in [0.4, 0.5) is 0 Å². The van der Waals surface area contributed by atoms with Crippen molar-refractivity contribution in [1.82, 2.24) is 25.3 Å². The number of nitrogens with one attached hydrogen (secondary N) is 2. The number of halogens is 1. The summed E-state index contributed by atoms with van der Waals surface area (Å²) in [4.78, 5) is 6.91. The van der Waals surface area contributed by atoms with Gasteiger partial charge in [-0.2, -0.15) is 5.10 Å². The molecule has 0 bridgehead atoms. The van der Waals surface area contributed by atoms with Gasteiger partial charge in [-0.25, -0.2) is 0 Å². The maximum absolute atomic E-state index is 4.50. The van der Waals surface area contributed by atoms with Crippen LogP contribution in [0.5, 0.6) is 0 Å². The van der Waals surface area contributed by atoms with Crippen molar-refractivity contribution < 1.29 is 0 Å². The average molecular weight is 462 g/mol. The Labute approximate surface area is 169 Å². The number of piperidine rings is 1. The molecule has 2 rings (SSSR count). The van der Waals surface area contributed by atoms with Crippen LogP contribution in [0.1, 0.15) is 44.5 Å². The lowest BCUT2D eigenvalue weighted by Crippen LogP contribution is -2.50. The van der Waals surface area contributed by atoms with E-state index in [0.717, 1.165) is 31.2 Å². The standard InChI is InChI=1S/C18H34N6.HI/c1-14(2)23-11-7-17(8-12-23)21-18(19-5)20-9-6-10-24-16(4)13-15(3)22-24;/h13-14,17H,6-12H2,1-5H3,(H2,19,20,21);1H. The number of nitrogens with zero attached hydrogens (tertiary/aromatic N) is 4. The van der Waals surface area contributed by atoms with Gasteiger partial charge in [-0.05, 0) is 53.0 Å². The maximum atomic E-state index is 4.50.